The number of hydrogen-bond acceptors (Lipinski definition) is 6. The number of anilines is 1. The molecule has 0 saturated carbocycles. The van der Waals surface area contributed by atoms with Crippen molar-refractivity contribution in [2.24, 2.45) is 0 Å². The van der Waals surface area contributed by atoms with E-state index in [0.29, 0.717) is 10.6 Å². The first-order valence-electron chi connectivity index (χ1n) is 13.0. The Kier molecular flexibility index (Phi) is 8.03. The summed E-state index contributed by atoms with van der Waals surface area (Å²) >= 11 is 6.63. The SMILES string of the molecule is CC1CN(Cc2ccc(N3CCC(NC(=O)c4cccc(-c5cccnc5)c4Cl)CC3)nc2)CC(C)O1. The summed E-state index contributed by atoms with van der Waals surface area (Å²) in [5, 5.41) is 3.64. The summed E-state index contributed by atoms with van der Waals surface area (Å²) in [5.74, 6) is 0.855. The molecule has 3 aromatic rings. The van der Waals surface area contributed by atoms with Gasteiger partial charge in [0.15, 0.2) is 0 Å². The van der Waals surface area contributed by atoms with E-state index in [1.807, 2.05) is 30.5 Å². The van der Waals surface area contributed by atoms with Crippen LogP contribution in [0.3, 0.4) is 0 Å². The molecule has 0 radical (unpaired) electrons. The third-order valence-electron chi connectivity index (χ3n) is 7.08. The molecule has 0 spiro atoms. The number of carbonyl (C=O) groups is 1. The Balaban J connectivity index is 1.14. The highest BCUT2D eigenvalue weighted by Gasteiger charge is 2.24. The first kappa shape index (κ1) is 25.6. The molecule has 2 fully saturated rings. The van der Waals surface area contributed by atoms with Crippen LogP contribution in [0, 0.1) is 0 Å². The van der Waals surface area contributed by atoms with Crippen LogP contribution < -0.4 is 10.2 Å². The van der Waals surface area contributed by atoms with Crippen LogP contribution >= 0.6 is 11.6 Å². The van der Waals surface area contributed by atoms with Crippen molar-refractivity contribution in [3.8, 4) is 11.1 Å². The zero-order valence-corrected chi connectivity index (χ0v) is 22.2. The highest BCUT2D eigenvalue weighted by molar-refractivity contribution is 6.36. The Hall–Kier alpha value is -3.00. The molecular weight excluding hydrogens is 486 g/mol. The number of piperidine rings is 1. The van der Waals surface area contributed by atoms with Gasteiger partial charge in [0, 0.05) is 68.5 Å². The molecule has 2 aliphatic heterocycles. The minimum Gasteiger partial charge on any atom is -0.373 e. The van der Waals surface area contributed by atoms with Crippen LogP contribution in [0.5, 0.6) is 0 Å². The third kappa shape index (κ3) is 6.29. The van der Waals surface area contributed by atoms with Crippen LogP contribution in [0.1, 0.15) is 42.6 Å². The topological polar surface area (TPSA) is 70.6 Å². The van der Waals surface area contributed by atoms with E-state index in [4.69, 9.17) is 21.3 Å². The van der Waals surface area contributed by atoms with Gasteiger partial charge in [-0.2, -0.15) is 0 Å². The average Bonchev–Trinajstić information content (AvgIpc) is 2.90. The van der Waals surface area contributed by atoms with Crippen LogP contribution in [-0.4, -0.2) is 65.2 Å². The van der Waals surface area contributed by atoms with Gasteiger partial charge in [-0.3, -0.25) is 14.7 Å². The molecule has 1 aromatic carbocycles. The smallest absolute Gasteiger partial charge is 0.253 e. The highest BCUT2D eigenvalue weighted by atomic mass is 35.5. The van der Waals surface area contributed by atoms with Crippen molar-refractivity contribution in [2.75, 3.05) is 31.1 Å². The lowest BCUT2D eigenvalue weighted by Crippen LogP contribution is -2.45. The fourth-order valence-corrected chi connectivity index (χ4v) is 5.66. The molecule has 8 heteroatoms. The normalized spacial score (nSPS) is 21.1. The zero-order valence-electron chi connectivity index (χ0n) is 21.4. The van der Waals surface area contributed by atoms with Crippen LogP contribution in [0.25, 0.3) is 11.1 Å². The van der Waals surface area contributed by atoms with Crippen LogP contribution in [-0.2, 0) is 11.3 Å². The van der Waals surface area contributed by atoms with Gasteiger partial charge < -0.3 is 15.0 Å². The van der Waals surface area contributed by atoms with E-state index in [-0.39, 0.29) is 24.2 Å². The summed E-state index contributed by atoms with van der Waals surface area (Å²) < 4.78 is 5.84. The predicted octanol–water partition coefficient (Wildman–Crippen LogP) is 4.81. The minimum atomic E-state index is -0.136. The molecule has 2 saturated heterocycles. The van der Waals surface area contributed by atoms with E-state index in [0.717, 1.165) is 62.5 Å². The summed E-state index contributed by atoms with van der Waals surface area (Å²) in [6, 6.07) is 13.7. The molecule has 2 atom stereocenters. The molecule has 1 amide bonds. The summed E-state index contributed by atoms with van der Waals surface area (Å²) in [5.41, 5.74) is 3.41. The molecule has 37 heavy (non-hydrogen) atoms. The number of ether oxygens (including phenoxy) is 1. The molecule has 2 unspecified atom stereocenters. The molecule has 5 rings (SSSR count). The Morgan fingerprint density at radius 2 is 1.84 bits per heavy atom. The molecule has 7 nitrogen and oxygen atoms in total. The monoisotopic (exact) mass is 519 g/mol. The van der Waals surface area contributed by atoms with Crippen molar-refractivity contribution < 1.29 is 9.53 Å². The van der Waals surface area contributed by atoms with Crippen LogP contribution in [0.2, 0.25) is 5.02 Å². The van der Waals surface area contributed by atoms with Gasteiger partial charge in [-0.25, -0.2) is 4.98 Å². The number of carbonyl (C=O) groups excluding carboxylic acids is 1. The fraction of sp³-hybridized carbons (Fsp3) is 0.414. The maximum Gasteiger partial charge on any atom is 0.253 e. The maximum atomic E-state index is 13.1. The molecule has 194 valence electrons. The average molecular weight is 520 g/mol. The first-order valence-corrected chi connectivity index (χ1v) is 13.4. The summed E-state index contributed by atoms with van der Waals surface area (Å²) in [6.45, 7) is 8.74. The summed E-state index contributed by atoms with van der Waals surface area (Å²) in [7, 11) is 0. The summed E-state index contributed by atoms with van der Waals surface area (Å²) in [6.07, 6.45) is 7.71. The Labute approximate surface area is 223 Å². The number of nitrogens with zero attached hydrogens (tertiary/aromatic N) is 4. The number of benzene rings is 1. The Bertz CT molecular complexity index is 1190. The number of morpholine rings is 1. The van der Waals surface area contributed by atoms with Crippen molar-refractivity contribution in [2.45, 2.75) is 51.5 Å². The van der Waals surface area contributed by atoms with E-state index < -0.39 is 0 Å². The predicted molar refractivity (Wildman–Crippen MR) is 147 cm³/mol. The Morgan fingerprint density at radius 3 is 2.51 bits per heavy atom. The van der Waals surface area contributed by atoms with Crippen molar-refractivity contribution in [1.29, 1.82) is 0 Å². The summed E-state index contributed by atoms with van der Waals surface area (Å²) in [4.78, 5) is 26.7. The quantitative estimate of drug-likeness (QED) is 0.504. The number of halogens is 1. The van der Waals surface area contributed by atoms with Crippen molar-refractivity contribution in [3.05, 3.63) is 77.2 Å². The van der Waals surface area contributed by atoms with Gasteiger partial charge in [-0.15, -0.1) is 0 Å². The lowest BCUT2D eigenvalue weighted by atomic mass is 10.0. The van der Waals surface area contributed by atoms with Crippen molar-refractivity contribution in [3.63, 3.8) is 0 Å². The first-order chi connectivity index (χ1) is 18.0. The van der Waals surface area contributed by atoms with Crippen LogP contribution in [0.15, 0.2) is 61.1 Å². The number of aromatic nitrogens is 2. The molecule has 0 aliphatic carbocycles. The molecule has 2 aliphatic rings. The number of nitrogens with one attached hydrogen (secondary N) is 1. The fourth-order valence-electron chi connectivity index (χ4n) is 5.34. The van der Waals surface area contributed by atoms with Gasteiger partial charge in [0.2, 0.25) is 0 Å². The van der Waals surface area contributed by atoms with Gasteiger partial charge in [0.05, 0.1) is 22.8 Å². The highest BCUT2D eigenvalue weighted by Crippen LogP contribution is 2.30. The molecule has 2 aromatic heterocycles. The number of pyridine rings is 2. The molecule has 1 N–H and O–H groups in total. The largest absolute Gasteiger partial charge is 0.373 e. The Morgan fingerprint density at radius 1 is 1.05 bits per heavy atom. The third-order valence-corrected chi connectivity index (χ3v) is 7.49. The molecule has 4 heterocycles. The van der Waals surface area contributed by atoms with Gasteiger partial charge in [0.25, 0.3) is 5.91 Å². The van der Waals surface area contributed by atoms with Gasteiger partial charge in [0.1, 0.15) is 5.82 Å². The van der Waals surface area contributed by atoms with Gasteiger partial charge in [-0.05, 0) is 50.5 Å². The lowest BCUT2D eigenvalue weighted by Gasteiger charge is -2.35. The molecule has 0 bridgehead atoms. The maximum absolute atomic E-state index is 13.1. The van der Waals surface area contributed by atoms with E-state index in [1.165, 1.54) is 5.56 Å². The van der Waals surface area contributed by atoms with E-state index in [2.05, 4.69) is 46.1 Å². The standard InChI is InChI=1S/C29H34ClN5O2/c1-20-17-34(18-21(2)37-20)19-22-8-9-27(32-15-22)35-13-10-24(11-14-35)33-29(36)26-7-3-6-25(28(26)30)23-5-4-12-31-16-23/h3-9,12,15-16,20-21,24H,10-11,13-14,17-19H2,1-2H3,(H,33,36). The van der Waals surface area contributed by atoms with E-state index in [1.54, 1.807) is 18.5 Å². The minimum absolute atomic E-state index is 0.103. The van der Waals surface area contributed by atoms with Crippen molar-refractivity contribution in [1.82, 2.24) is 20.2 Å². The second-order valence-corrected chi connectivity index (χ2v) is 10.5. The number of hydrogen-bond donors (Lipinski definition) is 1. The van der Waals surface area contributed by atoms with E-state index in [9.17, 15) is 4.79 Å². The zero-order chi connectivity index (χ0) is 25.8. The van der Waals surface area contributed by atoms with Gasteiger partial charge >= 0.3 is 0 Å². The molecular formula is C29H34ClN5O2. The lowest BCUT2D eigenvalue weighted by molar-refractivity contribution is -0.0705. The second kappa shape index (κ2) is 11.6. The number of amides is 1. The van der Waals surface area contributed by atoms with Crippen molar-refractivity contribution >= 4 is 23.3 Å². The second-order valence-electron chi connectivity index (χ2n) is 10.1. The van der Waals surface area contributed by atoms with E-state index >= 15 is 0 Å². The van der Waals surface area contributed by atoms with Gasteiger partial charge in [-0.1, -0.05) is 35.9 Å². The van der Waals surface area contributed by atoms with Crippen LogP contribution in [0.4, 0.5) is 5.82 Å². The number of rotatable bonds is 6.